The van der Waals surface area contributed by atoms with Crippen molar-refractivity contribution < 1.29 is 4.79 Å². The minimum Gasteiger partial charge on any atom is -0.339 e. The Kier molecular flexibility index (Phi) is 4.83. The summed E-state index contributed by atoms with van der Waals surface area (Å²) in [5, 5.41) is 25.2. The van der Waals surface area contributed by atoms with Crippen molar-refractivity contribution in [2.24, 2.45) is 0 Å². The van der Waals surface area contributed by atoms with E-state index in [1.54, 1.807) is 42.5 Å². The molecule has 0 spiro atoms. The Balaban J connectivity index is 1.60. The van der Waals surface area contributed by atoms with E-state index in [4.69, 9.17) is 5.26 Å². The molecule has 3 rings (SSSR count). The van der Waals surface area contributed by atoms with Gasteiger partial charge in [-0.25, -0.2) is 4.79 Å². The Labute approximate surface area is 144 Å². The summed E-state index contributed by atoms with van der Waals surface area (Å²) in [7, 11) is 0. The van der Waals surface area contributed by atoms with Crippen LogP contribution in [0.4, 0.5) is 27.8 Å². The van der Waals surface area contributed by atoms with E-state index >= 15 is 0 Å². The van der Waals surface area contributed by atoms with E-state index in [2.05, 4.69) is 32.2 Å². The molecule has 0 unspecified atom stereocenters. The van der Waals surface area contributed by atoms with E-state index in [0.29, 0.717) is 22.9 Å². The maximum absolute atomic E-state index is 11.9. The highest BCUT2D eigenvalue weighted by Crippen LogP contribution is 2.16. The molecule has 122 valence electrons. The van der Waals surface area contributed by atoms with Gasteiger partial charge in [-0.1, -0.05) is 24.3 Å². The zero-order valence-electron chi connectivity index (χ0n) is 13.1. The Morgan fingerprint density at radius 2 is 1.56 bits per heavy atom. The lowest BCUT2D eigenvalue weighted by molar-refractivity contribution is 0.262. The number of anilines is 4. The third-order valence-corrected chi connectivity index (χ3v) is 3.20. The first-order valence-corrected chi connectivity index (χ1v) is 7.47. The van der Waals surface area contributed by atoms with E-state index in [-0.39, 0.29) is 0 Å². The Hall–Kier alpha value is -3.92. The molecular formula is C18H14N6O. The number of carbonyl (C=O) groups is 1. The molecule has 0 saturated heterocycles. The number of nitriles is 1. The van der Waals surface area contributed by atoms with E-state index in [0.717, 1.165) is 5.69 Å². The van der Waals surface area contributed by atoms with Gasteiger partial charge in [0.15, 0.2) is 11.6 Å². The summed E-state index contributed by atoms with van der Waals surface area (Å²) < 4.78 is 0. The average molecular weight is 330 g/mol. The molecule has 25 heavy (non-hydrogen) atoms. The number of rotatable bonds is 4. The molecule has 0 atom stereocenters. The molecule has 3 aromatic rings. The summed E-state index contributed by atoms with van der Waals surface area (Å²) in [6, 6.07) is 21.1. The van der Waals surface area contributed by atoms with Crippen molar-refractivity contribution in [1.29, 1.82) is 5.26 Å². The average Bonchev–Trinajstić information content (AvgIpc) is 2.64. The number of urea groups is 1. The second-order valence-electron chi connectivity index (χ2n) is 5.07. The van der Waals surface area contributed by atoms with Gasteiger partial charge in [0.1, 0.15) is 0 Å². The van der Waals surface area contributed by atoms with Crippen molar-refractivity contribution >= 4 is 29.0 Å². The van der Waals surface area contributed by atoms with Crippen molar-refractivity contribution in [2.45, 2.75) is 0 Å². The lowest BCUT2D eigenvalue weighted by atomic mass is 10.2. The zero-order valence-corrected chi connectivity index (χ0v) is 13.1. The first-order valence-electron chi connectivity index (χ1n) is 7.47. The zero-order chi connectivity index (χ0) is 17.5. The highest BCUT2D eigenvalue weighted by Gasteiger charge is 2.04. The van der Waals surface area contributed by atoms with Crippen LogP contribution >= 0.6 is 0 Å². The van der Waals surface area contributed by atoms with Crippen molar-refractivity contribution in [1.82, 2.24) is 10.2 Å². The summed E-state index contributed by atoms with van der Waals surface area (Å²) in [6.45, 7) is 0. The van der Waals surface area contributed by atoms with E-state index in [9.17, 15) is 4.79 Å². The van der Waals surface area contributed by atoms with Crippen LogP contribution in [-0.4, -0.2) is 16.2 Å². The molecule has 0 aliphatic heterocycles. The maximum Gasteiger partial charge on any atom is 0.324 e. The number of nitrogens with zero attached hydrogens (tertiary/aromatic N) is 3. The van der Waals surface area contributed by atoms with E-state index in [1.165, 1.54) is 0 Å². The fraction of sp³-hybridized carbons (Fsp3) is 0. The molecule has 0 radical (unpaired) electrons. The lowest BCUT2D eigenvalue weighted by Crippen LogP contribution is -2.20. The number of para-hydroxylation sites is 1. The molecule has 1 aromatic heterocycles. The van der Waals surface area contributed by atoms with Crippen LogP contribution < -0.4 is 16.0 Å². The Morgan fingerprint density at radius 1 is 0.840 bits per heavy atom. The number of aromatic nitrogens is 2. The van der Waals surface area contributed by atoms with Crippen LogP contribution in [-0.2, 0) is 0 Å². The normalized spacial score (nSPS) is 9.72. The van der Waals surface area contributed by atoms with Gasteiger partial charge in [0.2, 0.25) is 0 Å². The van der Waals surface area contributed by atoms with Crippen molar-refractivity contribution in [3.63, 3.8) is 0 Å². The highest BCUT2D eigenvalue weighted by molar-refractivity contribution is 5.99. The van der Waals surface area contributed by atoms with E-state index < -0.39 is 6.03 Å². The molecule has 0 saturated carbocycles. The summed E-state index contributed by atoms with van der Waals surface area (Å²) in [5.41, 5.74) is 1.97. The number of nitrogens with one attached hydrogen (secondary N) is 3. The van der Waals surface area contributed by atoms with Gasteiger partial charge in [0.25, 0.3) is 0 Å². The third kappa shape index (κ3) is 4.53. The lowest BCUT2D eigenvalue weighted by Gasteiger charge is -2.08. The molecule has 0 bridgehead atoms. The molecular weight excluding hydrogens is 316 g/mol. The van der Waals surface area contributed by atoms with Gasteiger partial charge >= 0.3 is 6.03 Å². The first kappa shape index (κ1) is 16.0. The van der Waals surface area contributed by atoms with Crippen LogP contribution in [0.2, 0.25) is 0 Å². The fourth-order valence-electron chi connectivity index (χ4n) is 2.08. The minimum absolute atomic E-state index is 0.324. The number of hydrogen-bond acceptors (Lipinski definition) is 5. The number of hydrogen-bond donors (Lipinski definition) is 3. The number of amides is 2. The van der Waals surface area contributed by atoms with Crippen LogP contribution in [0.5, 0.6) is 0 Å². The molecule has 0 aliphatic carbocycles. The quantitative estimate of drug-likeness (QED) is 0.676. The summed E-state index contributed by atoms with van der Waals surface area (Å²) in [5.74, 6) is 0.828. The predicted molar refractivity (Wildman–Crippen MR) is 95.6 cm³/mol. The van der Waals surface area contributed by atoms with Crippen LogP contribution in [0.15, 0.2) is 66.7 Å². The van der Waals surface area contributed by atoms with Crippen LogP contribution in [0, 0.1) is 11.3 Å². The summed E-state index contributed by atoms with van der Waals surface area (Å²) >= 11 is 0. The molecule has 7 nitrogen and oxygen atoms in total. The Morgan fingerprint density at radius 3 is 2.28 bits per heavy atom. The summed E-state index contributed by atoms with van der Waals surface area (Å²) in [4.78, 5) is 11.9. The van der Waals surface area contributed by atoms with Crippen molar-refractivity contribution in [3.8, 4) is 6.07 Å². The second-order valence-corrected chi connectivity index (χ2v) is 5.07. The monoisotopic (exact) mass is 330 g/mol. The van der Waals surface area contributed by atoms with Crippen molar-refractivity contribution in [2.75, 3.05) is 16.0 Å². The molecule has 2 amide bonds. The SMILES string of the molecule is N#Cc1cccc(Nc2ccc(NC(=O)Nc3ccccc3)nn2)c1. The third-order valence-electron chi connectivity index (χ3n) is 3.20. The highest BCUT2D eigenvalue weighted by atomic mass is 16.2. The molecule has 1 heterocycles. The maximum atomic E-state index is 11.9. The van der Waals surface area contributed by atoms with E-state index in [1.807, 2.05) is 24.3 Å². The smallest absolute Gasteiger partial charge is 0.324 e. The Bertz CT molecular complexity index is 903. The van der Waals surface area contributed by atoms with Gasteiger partial charge in [0, 0.05) is 11.4 Å². The fourth-order valence-corrected chi connectivity index (χ4v) is 2.08. The number of benzene rings is 2. The topological polar surface area (TPSA) is 103 Å². The van der Waals surface area contributed by atoms with Crippen LogP contribution in [0.25, 0.3) is 0 Å². The second kappa shape index (κ2) is 7.57. The van der Waals surface area contributed by atoms with Gasteiger partial charge in [0.05, 0.1) is 11.6 Å². The molecule has 7 heteroatoms. The molecule has 3 N–H and O–H groups in total. The standard InChI is InChI=1S/C18H14N6O/c19-12-13-5-4-8-15(11-13)20-16-9-10-17(24-23-16)22-18(25)21-14-6-2-1-3-7-14/h1-11H,(H,20,23)(H2,21,22,24,25). The summed E-state index contributed by atoms with van der Waals surface area (Å²) in [6.07, 6.45) is 0. The van der Waals surface area contributed by atoms with Gasteiger partial charge in [-0.3, -0.25) is 5.32 Å². The predicted octanol–water partition coefficient (Wildman–Crippen LogP) is 3.74. The minimum atomic E-state index is -0.400. The molecule has 0 aliphatic rings. The van der Waals surface area contributed by atoms with Crippen LogP contribution in [0.1, 0.15) is 5.56 Å². The van der Waals surface area contributed by atoms with Gasteiger partial charge in [-0.2, -0.15) is 5.26 Å². The van der Waals surface area contributed by atoms with Crippen LogP contribution in [0.3, 0.4) is 0 Å². The molecule has 0 fully saturated rings. The van der Waals surface area contributed by atoms with Crippen molar-refractivity contribution in [3.05, 3.63) is 72.3 Å². The first-order chi connectivity index (χ1) is 12.2. The largest absolute Gasteiger partial charge is 0.339 e. The number of carbonyl (C=O) groups excluding carboxylic acids is 1. The van der Waals surface area contributed by atoms with Gasteiger partial charge in [-0.05, 0) is 42.5 Å². The van der Waals surface area contributed by atoms with Gasteiger partial charge < -0.3 is 10.6 Å². The molecule has 2 aromatic carbocycles. The van der Waals surface area contributed by atoms with Gasteiger partial charge in [-0.15, -0.1) is 10.2 Å².